The van der Waals surface area contributed by atoms with Crippen LogP contribution in [0.1, 0.15) is 57.8 Å². The average Bonchev–Trinajstić information content (AvgIpc) is 2.72. The predicted octanol–water partition coefficient (Wildman–Crippen LogP) is 3.39. The van der Waals surface area contributed by atoms with Crippen molar-refractivity contribution in [2.24, 2.45) is 11.7 Å². The number of hydrogen-bond donors (Lipinski definition) is 1. The molecule has 14 heavy (non-hydrogen) atoms. The van der Waals surface area contributed by atoms with E-state index in [1.807, 2.05) is 0 Å². The van der Waals surface area contributed by atoms with Crippen molar-refractivity contribution in [1.29, 1.82) is 0 Å². The molecule has 1 saturated carbocycles. The van der Waals surface area contributed by atoms with Crippen LogP contribution < -0.4 is 5.73 Å². The molecule has 1 heteroatoms. The lowest BCUT2D eigenvalue weighted by atomic mass is 9.82. The highest BCUT2D eigenvalue weighted by Gasteiger charge is 2.21. The van der Waals surface area contributed by atoms with Crippen LogP contribution in [0.4, 0.5) is 0 Å². The van der Waals surface area contributed by atoms with Gasteiger partial charge in [-0.3, -0.25) is 0 Å². The second-order valence-corrected chi connectivity index (χ2v) is 5.02. The Labute approximate surface area is 87.8 Å². The molecular formula is C13H23N. The first-order valence-corrected chi connectivity index (χ1v) is 6.30. The molecule has 1 atom stereocenters. The molecule has 2 aliphatic carbocycles. The van der Waals surface area contributed by atoms with Crippen LogP contribution in [0.3, 0.4) is 0 Å². The summed E-state index contributed by atoms with van der Waals surface area (Å²) < 4.78 is 0. The highest BCUT2D eigenvalue weighted by Crippen LogP contribution is 2.30. The van der Waals surface area contributed by atoms with E-state index in [4.69, 9.17) is 5.73 Å². The maximum Gasteiger partial charge on any atom is 0.0104 e. The van der Waals surface area contributed by atoms with Crippen molar-refractivity contribution >= 4 is 0 Å². The van der Waals surface area contributed by atoms with Crippen LogP contribution in [0, 0.1) is 5.92 Å². The summed E-state index contributed by atoms with van der Waals surface area (Å²) in [5.41, 5.74) is 7.93. The Morgan fingerprint density at radius 2 is 2.00 bits per heavy atom. The van der Waals surface area contributed by atoms with Gasteiger partial charge >= 0.3 is 0 Å². The SMILES string of the molecule is NC(CC1=CCCC1)C1CCCCC1. The third-order valence-corrected chi connectivity index (χ3v) is 3.89. The first kappa shape index (κ1) is 10.2. The average molecular weight is 193 g/mol. The third-order valence-electron chi connectivity index (χ3n) is 3.89. The summed E-state index contributed by atoms with van der Waals surface area (Å²) in [5, 5.41) is 0. The molecule has 0 aliphatic heterocycles. The Morgan fingerprint density at radius 1 is 1.21 bits per heavy atom. The van der Waals surface area contributed by atoms with Gasteiger partial charge in [0.15, 0.2) is 0 Å². The Balaban J connectivity index is 1.78. The summed E-state index contributed by atoms with van der Waals surface area (Å²) in [4.78, 5) is 0. The molecule has 1 nitrogen and oxygen atoms in total. The van der Waals surface area contributed by atoms with Gasteiger partial charge in [0, 0.05) is 6.04 Å². The predicted molar refractivity (Wildman–Crippen MR) is 61.1 cm³/mol. The van der Waals surface area contributed by atoms with E-state index in [0.29, 0.717) is 6.04 Å². The molecule has 0 bridgehead atoms. The van der Waals surface area contributed by atoms with Gasteiger partial charge in [-0.2, -0.15) is 0 Å². The Kier molecular flexibility index (Phi) is 3.63. The molecule has 0 aromatic rings. The standard InChI is InChI=1S/C13H23N/c14-13(10-11-6-4-5-7-11)12-8-2-1-3-9-12/h6,12-13H,1-5,7-10,14H2. The van der Waals surface area contributed by atoms with Crippen LogP contribution >= 0.6 is 0 Å². The van der Waals surface area contributed by atoms with E-state index in [9.17, 15) is 0 Å². The monoisotopic (exact) mass is 193 g/mol. The molecule has 2 aliphatic rings. The topological polar surface area (TPSA) is 26.0 Å². The molecule has 2 N–H and O–H groups in total. The molecule has 0 amide bonds. The van der Waals surface area contributed by atoms with Gasteiger partial charge in [-0.15, -0.1) is 0 Å². The fourth-order valence-electron chi connectivity index (χ4n) is 2.95. The van der Waals surface area contributed by atoms with Crippen molar-refractivity contribution in [2.75, 3.05) is 0 Å². The van der Waals surface area contributed by atoms with Crippen molar-refractivity contribution in [1.82, 2.24) is 0 Å². The first-order chi connectivity index (χ1) is 6.86. The molecule has 0 radical (unpaired) electrons. The molecule has 80 valence electrons. The lowest BCUT2D eigenvalue weighted by Crippen LogP contribution is -2.31. The lowest BCUT2D eigenvalue weighted by molar-refractivity contribution is 0.302. The van der Waals surface area contributed by atoms with E-state index >= 15 is 0 Å². The van der Waals surface area contributed by atoms with Crippen molar-refractivity contribution in [3.05, 3.63) is 11.6 Å². The van der Waals surface area contributed by atoms with Gasteiger partial charge in [-0.25, -0.2) is 0 Å². The maximum absolute atomic E-state index is 6.29. The zero-order chi connectivity index (χ0) is 9.80. The number of hydrogen-bond acceptors (Lipinski definition) is 1. The zero-order valence-electron chi connectivity index (χ0n) is 9.17. The van der Waals surface area contributed by atoms with E-state index in [2.05, 4.69) is 6.08 Å². The van der Waals surface area contributed by atoms with E-state index in [1.165, 1.54) is 57.8 Å². The van der Waals surface area contributed by atoms with E-state index in [1.54, 1.807) is 5.57 Å². The van der Waals surface area contributed by atoms with Crippen LogP contribution in [-0.2, 0) is 0 Å². The van der Waals surface area contributed by atoms with Crippen LogP contribution in [0.2, 0.25) is 0 Å². The maximum atomic E-state index is 6.29. The van der Waals surface area contributed by atoms with Gasteiger partial charge in [0.05, 0.1) is 0 Å². The molecule has 0 aromatic carbocycles. The van der Waals surface area contributed by atoms with Gasteiger partial charge < -0.3 is 5.73 Å². The minimum absolute atomic E-state index is 0.458. The summed E-state index contributed by atoms with van der Waals surface area (Å²) in [6, 6.07) is 0.458. The molecule has 0 spiro atoms. The van der Waals surface area contributed by atoms with Crippen molar-refractivity contribution in [2.45, 2.75) is 63.8 Å². The minimum Gasteiger partial charge on any atom is -0.327 e. The second kappa shape index (κ2) is 4.97. The molecule has 0 saturated heterocycles. The van der Waals surface area contributed by atoms with Crippen LogP contribution in [0.25, 0.3) is 0 Å². The van der Waals surface area contributed by atoms with Crippen LogP contribution in [0.15, 0.2) is 11.6 Å². The largest absolute Gasteiger partial charge is 0.327 e. The lowest BCUT2D eigenvalue weighted by Gasteiger charge is -2.27. The summed E-state index contributed by atoms with van der Waals surface area (Å²) in [7, 11) is 0. The Morgan fingerprint density at radius 3 is 2.64 bits per heavy atom. The molecule has 1 unspecified atom stereocenters. The van der Waals surface area contributed by atoms with Crippen molar-refractivity contribution in [3.63, 3.8) is 0 Å². The molecular weight excluding hydrogens is 170 g/mol. The highest BCUT2D eigenvalue weighted by molar-refractivity contribution is 5.09. The van der Waals surface area contributed by atoms with Gasteiger partial charge in [-0.05, 0) is 44.4 Å². The van der Waals surface area contributed by atoms with Crippen LogP contribution in [0.5, 0.6) is 0 Å². The second-order valence-electron chi connectivity index (χ2n) is 5.02. The third kappa shape index (κ3) is 2.60. The van der Waals surface area contributed by atoms with Gasteiger partial charge in [0.25, 0.3) is 0 Å². The molecule has 0 heterocycles. The van der Waals surface area contributed by atoms with Crippen molar-refractivity contribution < 1.29 is 0 Å². The summed E-state index contributed by atoms with van der Waals surface area (Å²) in [6.07, 6.45) is 14.6. The van der Waals surface area contributed by atoms with Crippen molar-refractivity contribution in [3.8, 4) is 0 Å². The van der Waals surface area contributed by atoms with Gasteiger partial charge in [0.1, 0.15) is 0 Å². The Bertz CT molecular complexity index is 201. The molecule has 2 rings (SSSR count). The minimum atomic E-state index is 0.458. The summed E-state index contributed by atoms with van der Waals surface area (Å²) in [5.74, 6) is 0.824. The van der Waals surface area contributed by atoms with Gasteiger partial charge in [-0.1, -0.05) is 30.9 Å². The summed E-state index contributed by atoms with van der Waals surface area (Å²) >= 11 is 0. The van der Waals surface area contributed by atoms with E-state index in [0.717, 1.165) is 5.92 Å². The summed E-state index contributed by atoms with van der Waals surface area (Å²) in [6.45, 7) is 0. The van der Waals surface area contributed by atoms with Crippen LogP contribution in [-0.4, -0.2) is 6.04 Å². The first-order valence-electron chi connectivity index (χ1n) is 6.30. The molecule has 0 aromatic heterocycles. The fourth-order valence-corrected chi connectivity index (χ4v) is 2.95. The zero-order valence-corrected chi connectivity index (χ0v) is 9.17. The normalized spacial score (nSPS) is 26.2. The fraction of sp³-hybridized carbons (Fsp3) is 0.846. The Hall–Kier alpha value is -0.300. The van der Waals surface area contributed by atoms with Gasteiger partial charge in [0.2, 0.25) is 0 Å². The number of allylic oxidation sites excluding steroid dienone is 1. The smallest absolute Gasteiger partial charge is 0.0104 e. The number of nitrogens with two attached hydrogens (primary N) is 1. The van der Waals surface area contributed by atoms with E-state index in [-0.39, 0.29) is 0 Å². The van der Waals surface area contributed by atoms with E-state index < -0.39 is 0 Å². The molecule has 1 fully saturated rings. The number of rotatable bonds is 3. The quantitative estimate of drug-likeness (QED) is 0.683. The highest BCUT2D eigenvalue weighted by atomic mass is 14.6.